The van der Waals surface area contributed by atoms with Crippen molar-refractivity contribution in [1.29, 1.82) is 0 Å². The molecule has 0 spiro atoms. The smallest absolute Gasteiger partial charge is 0.336 e. The van der Waals surface area contributed by atoms with Gasteiger partial charge in [0.2, 0.25) is 5.69 Å². The molecule has 35 heavy (non-hydrogen) atoms. The molecule has 0 fully saturated rings. The third-order valence-electron chi connectivity index (χ3n) is 5.29. The van der Waals surface area contributed by atoms with Crippen LogP contribution in [-0.2, 0) is 20.9 Å². The van der Waals surface area contributed by atoms with E-state index in [1.54, 1.807) is 20.9 Å². The van der Waals surface area contributed by atoms with Crippen LogP contribution >= 0.6 is 0 Å². The van der Waals surface area contributed by atoms with Crippen LogP contribution in [0.5, 0.6) is 0 Å². The average Bonchev–Trinajstić information content (AvgIpc) is 2.75. The molecule has 1 aromatic heterocycles. The van der Waals surface area contributed by atoms with Crippen LogP contribution < -0.4 is 4.73 Å². The number of aromatic nitrogens is 1. The molecule has 192 valence electrons. The maximum absolute atomic E-state index is 12.2. The summed E-state index contributed by atoms with van der Waals surface area (Å²) in [6.07, 6.45) is 4.15. The van der Waals surface area contributed by atoms with Crippen molar-refractivity contribution in [1.82, 2.24) is 19.6 Å². The lowest BCUT2D eigenvalue weighted by Gasteiger charge is -2.31. The van der Waals surface area contributed by atoms with Crippen molar-refractivity contribution in [2.24, 2.45) is 0 Å². The van der Waals surface area contributed by atoms with E-state index in [9.17, 15) is 44.8 Å². The van der Waals surface area contributed by atoms with Crippen molar-refractivity contribution in [3.8, 4) is 0 Å². The van der Waals surface area contributed by atoms with Gasteiger partial charge in [-0.25, -0.2) is 4.79 Å². The van der Waals surface area contributed by atoms with Crippen LogP contribution in [0.4, 0.5) is 0 Å². The van der Waals surface area contributed by atoms with Crippen LogP contribution in [0.1, 0.15) is 16.1 Å². The van der Waals surface area contributed by atoms with E-state index in [1.807, 2.05) is 0 Å². The Kier molecular flexibility index (Phi) is 10.2. The van der Waals surface area contributed by atoms with E-state index < -0.39 is 23.9 Å². The first kappa shape index (κ1) is 27.3. The van der Waals surface area contributed by atoms with Gasteiger partial charge >= 0.3 is 23.9 Å². The third kappa shape index (κ3) is 9.85. The first-order chi connectivity index (χ1) is 16.5. The second-order valence-electron chi connectivity index (χ2n) is 8.01. The molecule has 1 aliphatic heterocycles. The predicted molar refractivity (Wildman–Crippen MR) is 119 cm³/mol. The zero-order valence-electron chi connectivity index (χ0n) is 19.0. The van der Waals surface area contributed by atoms with E-state index in [2.05, 4.69) is 0 Å². The second kappa shape index (κ2) is 13.1. The molecule has 2 rings (SSSR count). The molecule has 0 unspecified atom stereocenters. The van der Waals surface area contributed by atoms with E-state index >= 15 is 0 Å². The molecule has 2 heterocycles. The zero-order chi connectivity index (χ0) is 26.0. The highest BCUT2D eigenvalue weighted by atomic mass is 16.5. The molecular weight excluding hydrogens is 466 g/mol. The Morgan fingerprint density at radius 2 is 1.26 bits per heavy atom. The Bertz CT molecular complexity index is 955. The molecule has 14 heteroatoms. The minimum atomic E-state index is -1.19. The summed E-state index contributed by atoms with van der Waals surface area (Å²) >= 11 is 0. The van der Waals surface area contributed by atoms with Gasteiger partial charge in [-0.15, -0.1) is 0 Å². The Morgan fingerprint density at radius 3 is 1.77 bits per heavy atom. The summed E-state index contributed by atoms with van der Waals surface area (Å²) < 4.78 is 0.532. The normalized spacial score (nSPS) is 17.3. The van der Waals surface area contributed by atoms with Gasteiger partial charge in [-0.1, -0.05) is 0 Å². The first-order valence-electron chi connectivity index (χ1n) is 10.8. The number of aliphatic carboxylic acids is 3. The number of carboxylic acid groups (broad SMARTS) is 4. The average molecular weight is 495 g/mol. The molecule has 0 aromatic carbocycles. The fourth-order valence-corrected chi connectivity index (χ4v) is 3.51. The van der Waals surface area contributed by atoms with Gasteiger partial charge in [0, 0.05) is 63.8 Å². The van der Waals surface area contributed by atoms with E-state index in [1.165, 1.54) is 23.2 Å². The van der Waals surface area contributed by atoms with Crippen LogP contribution in [0.2, 0.25) is 0 Å². The van der Waals surface area contributed by atoms with Crippen molar-refractivity contribution in [3.63, 3.8) is 0 Å². The maximum Gasteiger partial charge on any atom is 0.336 e. The van der Waals surface area contributed by atoms with E-state index in [0.717, 1.165) is 6.20 Å². The Hall–Kier alpha value is -3.91. The standard InChI is InChI=1S/C21H29N5O9/c27-18(28)13-23-5-3-22(12-17-11-16(21(33)34)1-2-26(17)35)4-6-24(14-19(29)30)8-10-25(9-7-23)15-20(31)32/h1-3,5,11H,4,6-10,12-15H2,(H,27,28)(H,29,30)(H,31,32)(H,33,34)/b5-3-. The molecule has 0 atom stereocenters. The van der Waals surface area contributed by atoms with Gasteiger partial charge in [0.25, 0.3) is 0 Å². The molecular formula is C21H29N5O9. The number of nitrogens with zero attached hydrogens (tertiary/aromatic N) is 5. The third-order valence-corrected chi connectivity index (χ3v) is 5.29. The first-order valence-corrected chi connectivity index (χ1v) is 10.8. The van der Waals surface area contributed by atoms with Crippen LogP contribution in [0, 0.1) is 5.21 Å². The van der Waals surface area contributed by atoms with Crippen LogP contribution in [0.15, 0.2) is 30.7 Å². The number of rotatable bonds is 9. The summed E-state index contributed by atoms with van der Waals surface area (Å²) in [5.74, 6) is -4.38. The largest absolute Gasteiger partial charge is 0.618 e. The summed E-state index contributed by atoms with van der Waals surface area (Å²) in [7, 11) is 0. The predicted octanol–water partition coefficient (Wildman–Crippen LogP) is -1.54. The number of carboxylic acids is 4. The molecule has 1 aromatic rings. The fraction of sp³-hybridized carbons (Fsp3) is 0.476. The lowest BCUT2D eigenvalue weighted by Crippen LogP contribution is -2.45. The lowest BCUT2D eigenvalue weighted by atomic mass is 10.2. The Labute approximate surface area is 201 Å². The molecule has 14 nitrogen and oxygen atoms in total. The number of aromatic carboxylic acids is 1. The maximum atomic E-state index is 12.2. The van der Waals surface area contributed by atoms with Gasteiger partial charge < -0.3 is 35.4 Å². The molecule has 0 saturated heterocycles. The number of hydrogen-bond acceptors (Lipinski definition) is 9. The molecule has 0 bridgehead atoms. The quantitative estimate of drug-likeness (QED) is 0.228. The van der Waals surface area contributed by atoms with Crippen LogP contribution in [0.3, 0.4) is 0 Å². The van der Waals surface area contributed by atoms with Crippen molar-refractivity contribution >= 4 is 23.9 Å². The summed E-state index contributed by atoms with van der Waals surface area (Å²) in [6.45, 7) is 0.513. The summed E-state index contributed by atoms with van der Waals surface area (Å²) in [6, 6.07) is 2.42. The summed E-state index contributed by atoms with van der Waals surface area (Å²) in [5.41, 5.74) is 0.0767. The molecule has 4 N–H and O–H groups in total. The highest BCUT2D eigenvalue weighted by molar-refractivity contribution is 5.87. The van der Waals surface area contributed by atoms with E-state index in [0.29, 0.717) is 4.73 Å². The van der Waals surface area contributed by atoms with Gasteiger partial charge in [0.15, 0.2) is 6.20 Å². The molecule has 1 aliphatic rings. The second-order valence-corrected chi connectivity index (χ2v) is 8.01. The lowest BCUT2D eigenvalue weighted by molar-refractivity contribution is -0.615. The van der Waals surface area contributed by atoms with E-state index in [-0.39, 0.29) is 76.7 Å². The van der Waals surface area contributed by atoms with E-state index in [4.69, 9.17) is 0 Å². The van der Waals surface area contributed by atoms with Crippen molar-refractivity contribution < 1.29 is 44.3 Å². The monoisotopic (exact) mass is 495 g/mol. The molecule has 0 radical (unpaired) electrons. The number of carbonyl (C=O) groups is 4. The highest BCUT2D eigenvalue weighted by Crippen LogP contribution is 2.08. The van der Waals surface area contributed by atoms with Gasteiger partial charge in [0.1, 0.15) is 13.1 Å². The van der Waals surface area contributed by atoms with Crippen LogP contribution in [0.25, 0.3) is 0 Å². The van der Waals surface area contributed by atoms with Crippen molar-refractivity contribution in [3.05, 3.63) is 47.2 Å². The fourth-order valence-electron chi connectivity index (χ4n) is 3.51. The van der Waals surface area contributed by atoms with Crippen molar-refractivity contribution in [2.45, 2.75) is 6.54 Å². The van der Waals surface area contributed by atoms with Gasteiger partial charge in [-0.3, -0.25) is 24.2 Å². The Balaban J connectivity index is 2.32. The van der Waals surface area contributed by atoms with Gasteiger partial charge in [-0.2, -0.15) is 4.73 Å². The van der Waals surface area contributed by atoms with Gasteiger partial charge in [-0.05, 0) is 0 Å². The minimum Gasteiger partial charge on any atom is -0.618 e. The number of hydrogen-bond donors (Lipinski definition) is 4. The molecule has 0 amide bonds. The molecule has 0 aliphatic carbocycles. The number of pyridine rings is 1. The zero-order valence-corrected chi connectivity index (χ0v) is 19.0. The summed E-state index contributed by atoms with van der Waals surface area (Å²) in [5, 5.41) is 49.2. The summed E-state index contributed by atoms with van der Waals surface area (Å²) in [4.78, 5) is 51.5. The molecule has 0 saturated carbocycles. The topological polar surface area (TPSA) is 189 Å². The highest BCUT2D eigenvalue weighted by Gasteiger charge is 2.19. The SMILES string of the molecule is O=C(O)CN1/C=C\N(Cc2cc(C(=O)O)cc[n+]2[O-])CCN(CC(=O)O)CCN(CC(=O)O)CC1. The minimum absolute atomic E-state index is 0.00587. The van der Waals surface area contributed by atoms with Gasteiger partial charge in [0.05, 0.1) is 18.7 Å². The van der Waals surface area contributed by atoms with Crippen molar-refractivity contribution in [2.75, 3.05) is 58.9 Å². The van der Waals surface area contributed by atoms with Crippen LogP contribution in [-0.4, -0.2) is 123 Å². The Morgan fingerprint density at radius 1 is 0.771 bits per heavy atom.